The molecule has 1 amide bonds. The van der Waals surface area contributed by atoms with Gasteiger partial charge >= 0.3 is 0 Å². The summed E-state index contributed by atoms with van der Waals surface area (Å²) < 4.78 is 1.48. The lowest BCUT2D eigenvalue weighted by Crippen LogP contribution is -2.47. The number of aromatic nitrogens is 3. The van der Waals surface area contributed by atoms with Crippen LogP contribution in [0.25, 0.3) is 4.96 Å². The molecule has 186 valence electrons. The molecule has 2 saturated heterocycles. The van der Waals surface area contributed by atoms with Gasteiger partial charge < -0.3 is 20.0 Å². The Balaban J connectivity index is 1.14. The maximum atomic E-state index is 12.9. The van der Waals surface area contributed by atoms with Crippen molar-refractivity contribution in [2.24, 2.45) is 5.92 Å². The normalized spacial score (nSPS) is 22.1. The summed E-state index contributed by atoms with van der Waals surface area (Å²) in [6.07, 6.45) is 6.68. The molecule has 2 fully saturated rings. The van der Waals surface area contributed by atoms with Gasteiger partial charge in [0.25, 0.3) is 5.56 Å². The molecule has 1 unspecified atom stereocenters. The number of carbonyl (C=O) groups is 1. The van der Waals surface area contributed by atoms with E-state index in [2.05, 4.69) is 32.0 Å². The molecule has 2 aromatic rings. The van der Waals surface area contributed by atoms with Crippen molar-refractivity contribution in [1.29, 1.82) is 0 Å². The standard InChI is InChI=1S/C24H37N7O2S/c1-2-28-13-15-29(16-14-28)11-6-10-25-21(32)18-7-5-12-30(17-18)24-27-31-22(33)19-8-3-4-9-20(19)26-23(31)34-24/h18H,2-17H2,1H3,(H,25,32). The number of piperazine rings is 1. The van der Waals surface area contributed by atoms with Gasteiger partial charge in [0, 0.05) is 51.4 Å². The van der Waals surface area contributed by atoms with Crippen LogP contribution in [0.4, 0.5) is 5.13 Å². The van der Waals surface area contributed by atoms with Crippen LogP contribution in [-0.4, -0.2) is 89.2 Å². The molecule has 0 saturated carbocycles. The zero-order valence-corrected chi connectivity index (χ0v) is 21.1. The average molecular weight is 488 g/mol. The first kappa shape index (κ1) is 23.7. The molecular weight excluding hydrogens is 450 g/mol. The lowest BCUT2D eigenvalue weighted by Gasteiger charge is -2.34. The number of rotatable bonds is 7. The summed E-state index contributed by atoms with van der Waals surface area (Å²) in [5.74, 6) is 0.110. The number of hydrogen-bond donors (Lipinski definition) is 1. The second-order valence-electron chi connectivity index (χ2n) is 9.83. The van der Waals surface area contributed by atoms with E-state index < -0.39 is 0 Å². The summed E-state index contributed by atoms with van der Waals surface area (Å²) in [5.41, 5.74) is 1.78. The fourth-order valence-corrected chi connectivity index (χ4v) is 6.39. The highest BCUT2D eigenvalue weighted by atomic mass is 32.1. The molecule has 9 nitrogen and oxygen atoms in total. The van der Waals surface area contributed by atoms with E-state index in [0.29, 0.717) is 11.5 Å². The van der Waals surface area contributed by atoms with Gasteiger partial charge in [-0.1, -0.05) is 18.3 Å². The summed E-state index contributed by atoms with van der Waals surface area (Å²) in [5, 5.41) is 8.59. The Morgan fingerprint density at radius 3 is 2.71 bits per heavy atom. The summed E-state index contributed by atoms with van der Waals surface area (Å²) in [4.78, 5) is 38.4. The number of anilines is 1. The Morgan fingerprint density at radius 1 is 1.09 bits per heavy atom. The Hall–Kier alpha value is -2.04. The summed E-state index contributed by atoms with van der Waals surface area (Å²) in [6, 6.07) is 0. The maximum absolute atomic E-state index is 12.9. The minimum Gasteiger partial charge on any atom is -0.356 e. The van der Waals surface area contributed by atoms with E-state index in [4.69, 9.17) is 4.98 Å². The molecule has 1 atom stereocenters. The third-order valence-electron chi connectivity index (χ3n) is 7.59. The molecule has 4 heterocycles. The van der Waals surface area contributed by atoms with Gasteiger partial charge in [0.2, 0.25) is 16.0 Å². The van der Waals surface area contributed by atoms with E-state index in [1.54, 1.807) is 0 Å². The number of likely N-dealkylation sites (N-methyl/N-ethyl adjacent to an activating group) is 1. The predicted octanol–water partition coefficient (Wildman–Crippen LogP) is 1.39. The molecule has 2 aromatic heterocycles. The van der Waals surface area contributed by atoms with Gasteiger partial charge in [-0.3, -0.25) is 9.59 Å². The SMILES string of the molecule is CCN1CCN(CCCNC(=O)C2CCCN(c3nn4c(=O)c5c(nc4s3)CCCC5)C2)CC1. The Bertz CT molecular complexity index is 1060. The molecule has 0 spiro atoms. The molecule has 1 aliphatic carbocycles. The summed E-state index contributed by atoms with van der Waals surface area (Å²) in [6.45, 7) is 11.2. The van der Waals surface area contributed by atoms with Crippen LogP contribution in [0.2, 0.25) is 0 Å². The van der Waals surface area contributed by atoms with Gasteiger partial charge in [0.1, 0.15) is 0 Å². The number of aryl methyl sites for hydroxylation is 1. The molecule has 0 aromatic carbocycles. The van der Waals surface area contributed by atoms with Gasteiger partial charge in [-0.05, 0) is 58.0 Å². The smallest absolute Gasteiger partial charge is 0.278 e. The van der Waals surface area contributed by atoms with Crippen molar-refractivity contribution in [3.05, 3.63) is 21.6 Å². The second-order valence-corrected chi connectivity index (χ2v) is 10.8. The van der Waals surface area contributed by atoms with Gasteiger partial charge in [-0.25, -0.2) is 4.98 Å². The van der Waals surface area contributed by atoms with Crippen molar-refractivity contribution in [2.45, 2.75) is 51.9 Å². The van der Waals surface area contributed by atoms with Gasteiger partial charge in [0.05, 0.1) is 11.6 Å². The van der Waals surface area contributed by atoms with Crippen LogP contribution < -0.4 is 15.8 Å². The molecule has 34 heavy (non-hydrogen) atoms. The third kappa shape index (κ3) is 5.13. The quantitative estimate of drug-likeness (QED) is 0.591. The number of fused-ring (bicyclic) bond motifs is 2. The van der Waals surface area contributed by atoms with Gasteiger partial charge in [0.15, 0.2) is 0 Å². The number of hydrogen-bond acceptors (Lipinski definition) is 8. The number of nitrogens with zero attached hydrogens (tertiary/aromatic N) is 6. The fourth-order valence-electron chi connectivity index (χ4n) is 5.44. The van der Waals surface area contributed by atoms with Crippen LogP contribution in [0.1, 0.15) is 50.3 Å². The molecule has 10 heteroatoms. The van der Waals surface area contributed by atoms with E-state index >= 15 is 0 Å². The van der Waals surface area contributed by atoms with E-state index in [0.717, 1.165) is 114 Å². The molecule has 0 radical (unpaired) electrons. The second kappa shape index (κ2) is 10.7. The summed E-state index contributed by atoms with van der Waals surface area (Å²) in [7, 11) is 0. The first-order valence-corrected chi connectivity index (χ1v) is 13.8. The lowest BCUT2D eigenvalue weighted by atomic mass is 9.97. The topological polar surface area (TPSA) is 86.1 Å². The molecule has 1 N–H and O–H groups in total. The molecule has 0 bridgehead atoms. The van der Waals surface area contributed by atoms with Crippen molar-refractivity contribution in [3.63, 3.8) is 0 Å². The van der Waals surface area contributed by atoms with Crippen LogP contribution in [0, 0.1) is 5.92 Å². The molecule has 5 rings (SSSR count). The minimum atomic E-state index is -0.0354. The zero-order chi connectivity index (χ0) is 23.5. The molecule has 2 aliphatic heterocycles. The first-order chi connectivity index (χ1) is 16.6. The molecule has 3 aliphatic rings. The van der Waals surface area contributed by atoms with Gasteiger partial charge in [-0.15, -0.1) is 5.10 Å². The highest BCUT2D eigenvalue weighted by Gasteiger charge is 2.28. The van der Waals surface area contributed by atoms with Crippen LogP contribution >= 0.6 is 11.3 Å². The van der Waals surface area contributed by atoms with Crippen LogP contribution in [0.5, 0.6) is 0 Å². The number of nitrogens with one attached hydrogen (secondary N) is 1. The fraction of sp³-hybridized carbons (Fsp3) is 0.750. The Morgan fingerprint density at radius 2 is 1.88 bits per heavy atom. The van der Waals surface area contributed by atoms with Crippen LogP contribution in [0.3, 0.4) is 0 Å². The highest BCUT2D eigenvalue weighted by molar-refractivity contribution is 7.20. The van der Waals surface area contributed by atoms with Crippen LogP contribution in [-0.2, 0) is 17.6 Å². The Kier molecular flexibility index (Phi) is 7.46. The predicted molar refractivity (Wildman–Crippen MR) is 135 cm³/mol. The largest absolute Gasteiger partial charge is 0.356 e. The molecular formula is C24H37N7O2S. The monoisotopic (exact) mass is 487 g/mol. The van der Waals surface area contributed by atoms with Crippen molar-refractivity contribution in [1.82, 2.24) is 29.7 Å². The third-order valence-corrected chi connectivity index (χ3v) is 8.56. The van der Waals surface area contributed by atoms with Crippen LogP contribution in [0.15, 0.2) is 4.79 Å². The summed E-state index contributed by atoms with van der Waals surface area (Å²) >= 11 is 1.47. The number of amides is 1. The van der Waals surface area contributed by atoms with E-state index in [1.165, 1.54) is 15.9 Å². The van der Waals surface area contributed by atoms with E-state index in [1.807, 2.05) is 0 Å². The number of carbonyl (C=O) groups excluding carboxylic acids is 1. The van der Waals surface area contributed by atoms with Crippen molar-refractivity contribution >= 4 is 27.3 Å². The van der Waals surface area contributed by atoms with E-state index in [-0.39, 0.29) is 17.4 Å². The maximum Gasteiger partial charge on any atom is 0.278 e. The van der Waals surface area contributed by atoms with Crippen molar-refractivity contribution < 1.29 is 4.79 Å². The van der Waals surface area contributed by atoms with Gasteiger partial charge in [-0.2, -0.15) is 4.52 Å². The van der Waals surface area contributed by atoms with Crippen molar-refractivity contribution in [2.75, 3.05) is 63.8 Å². The van der Waals surface area contributed by atoms with Crippen molar-refractivity contribution in [3.8, 4) is 0 Å². The average Bonchev–Trinajstić information content (AvgIpc) is 3.32. The minimum absolute atomic E-state index is 0.00962. The zero-order valence-electron chi connectivity index (χ0n) is 20.3. The highest BCUT2D eigenvalue weighted by Crippen LogP contribution is 2.28. The lowest BCUT2D eigenvalue weighted by molar-refractivity contribution is -0.125. The first-order valence-electron chi connectivity index (χ1n) is 13.0. The Labute approximate surface area is 205 Å². The van der Waals surface area contributed by atoms with E-state index in [9.17, 15) is 9.59 Å². The number of piperidine rings is 1.